The van der Waals surface area contributed by atoms with Crippen LogP contribution in [0, 0.1) is 20.8 Å². The number of carbonyl (C=O) groups is 1. The minimum Gasteiger partial charge on any atom is -0.481 e. The molecule has 0 spiro atoms. The lowest BCUT2D eigenvalue weighted by Crippen LogP contribution is -2.20. The molecule has 2 atom stereocenters. The first-order chi connectivity index (χ1) is 13.8. The number of hydrogen-bond acceptors (Lipinski definition) is 5. The number of rotatable bonds is 4. The normalized spacial score (nSPS) is 18.1. The number of nitrogens with zero attached hydrogens (tertiary/aromatic N) is 2. The molecule has 0 bridgehead atoms. The summed E-state index contributed by atoms with van der Waals surface area (Å²) in [7, 11) is 1.90. The number of esters is 1. The molecule has 0 amide bonds. The van der Waals surface area contributed by atoms with Crippen LogP contribution in [0.5, 0.6) is 5.75 Å². The number of carbonyl (C=O) groups excluding carboxylic acids is 1. The van der Waals surface area contributed by atoms with Crippen LogP contribution >= 0.6 is 0 Å². The average Bonchev–Trinajstić information content (AvgIpc) is 3.17. The lowest BCUT2D eigenvalue weighted by Gasteiger charge is -2.21. The molecule has 3 aromatic rings. The van der Waals surface area contributed by atoms with Gasteiger partial charge in [0.1, 0.15) is 17.1 Å². The fraction of sp³-hybridized carbons (Fsp3) is 0.391. The molecule has 0 aliphatic heterocycles. The molecule has 1 aliphatic carbocycles. The second-order valence-electron chi connectivity index (χ2n) is 7.68. The molecule has 6 nitrogen and oxygen atoms in total. The van der Waals surface area contributed by atoms with Gasteiger partial charge >= 0.3 is 5.97 Å². The molecule has 2 unspecified atom stereocenters. The largest absolute Gasteiger partial charge is 0.481 e. The maximum atomic E-state index is 12.4. The Kier molecular flexibility index (Phi) is 4.82. The summed E-state index contributed by atoms with van der Waals surface area (Å²) in [6, 6.07) is 7.57. The van der Waals surface area contributed by atoms with Crippen molar-refractivity contribution in [2.24, 2.45) is 7.05 Å². The van der Waals surface area contributed by atoms with Crippen molar-refractivity contribution in [3.63, 3.8) is 0 Å². The van der Waals surface area contributed by atoms with Crippen LogP contribution in [0.25, 0.3) is 11.0 Å². The Morgan fingerprint density at radius 3 is 2.69 bits per heavy atom. The highest BCUT2D eigenvalue weighted by Gasteiger charge is 2.36. The zero-order chi connectivity index (χ0) is 20.9. The average molecular weight is 394 g/mol. The first-order valence-electron chi connectivity index (χ1n) is 9.89. The van der Waals surface area contributed by atoms with Crippen LogP contribution in [-0.4, -0.2) is 33.3 Å². The quantitative estimate of drug-likeness (QED) is 0.683. The predicted octanol–water partition coefficient (Wildman–Crippen LogP) is 3.71. The second-order valence-corrected chi connectivity index (χ2v) is 7.68. The Bertz CT molecular complexity index is 1120. The van der Waals surface area contributed by atoms with E-state index in [0.717, 1.165) is 33.6 Å². The van der Waals surface area contributed by atoms with Crippen LogP contribution in [-0.2, 0) is 18.2 Å². The maximum Gasteiger partial charge on any atom is 0.338 e. The molecule has 29 heavy (non-hydrogen) atoms. The first-order valence-corrected chi connectivity index (χ1v) is 9.89. The van der Waals surface area contributed by atoms with E-state index in [0.29, 0.717) is 29.9 Å². The fourth-order valence-electron chi connectivity index (χ4n) is 4.14. The van der Waals surface area contributed by atoms with Crippen LogP contribution in [0.1, 0.15) is 51.5 Å². The van der Waals surface area contributed by atoms with Gasteiger partial charge in [-0.05, 0) is 56.5 Å². The van der Waals surface area contributed by atoms with E-state index >= 15 is 0 Å². The van der Waals surface area contributed by atoms with Crippen LogP contribution in [0.2, 0.25) is 0 Å². The third-order valence-electron chi connectivity index (χ3n) is 5.80. The second kappa shape index (κ2) is 7.19. The molecule has 0 fully saturated rings. The molecule has 4 rings (SSSR count). The van der Waals surface area contributed by atoms with E-state index in [1.807, 2.05) is 25.5 Å². The van der Waals surface area contributed by atoms with Gasteiger partial charge < -0.3 is 19.1 Å². The molecule has 152 valence electrons. The zero-order valence-corrected chi connectivity index (χ0v) is 17.4. The molecule has 0 saturated carbocycles. The molecule has 6 heteroatoms. The van der Waals surface area contributed by atoms with E-state index in [1.54, 1.807) is 19.1 Å². The maximum absolute atomic E-state index is 12.4. The van der Waals surface area contributed by atoms with Crippen molar-refractivity contribution in [1.82, 2.24) is 9.55 Å². The van der Waals surface area contributed by atoms with Crippen molar-refractivity contribution in [2.75, 3.05) is 6.61 Å². The van der Waals surface area contributed by atoms with Crippen LogP contribution in [0.4, 0.5) is 0 Å². The summed E-state index contributed by atoms with van der Waals surface area (Å²) in [5, 5.41) is 10.8. The minimum atomic E-state index is -0.657. The highest BCUT2D eigenvalue weighted by molar-refractivity contribution is 5.96. The van der Waals surface area contributed by atoms with E-state index in [1.165, 1.54) is 0 Å². The van der Waals surface area contributed by atoms with Crippen LogP contribution in [0.15, 0.2) is 24.3 Å². The number of ether oxygens (including phenoxy) is 2. The highest BCUT2D eigenvalue weighted by atomic mass is 16.5. The van der Waals surface area contributed by atoms with E-state index < -0.39 is 18.2 Å². The third-order valence-corrected chi connectivity index (χ3v) is 5.80. The summed E-state index contributed by atoms with van der Waals surface area (Å²) < 4.78 is 13.5. The van der Waals surface area contributed by atoms with Crippen molar-refractivity contribution < 1.29 is 19.4 Å². The van der Waals surface area contributed by atoms with Crippen molar-refractivity contribution in [3.8, 4) is 5.75 Å². The Hall–Kier alpha value is -2.86. The van der Waals surface area contributed by atoms with Crippen LogP contribution in [0.3, 0.4) is 0 Å². The van der Waals surface area contributed by atoms with Gasteiger partial charge in [0, 0.05) is 19.0 Å². The SMILES string of the molecule is CCOC(=O)c1cc(OC2c3c(C)ccc(C)c3CC2O)c2nc(C)n(C)c2c1. The van der Waals surface area contributed by atoms with E-state index in [-0.39, 0.29) is 0 Å². The minimum absolute atomic E-state index is 0.296. The smallest absolute Gasteiger partial charge is 0.338 e. The van der Waals surface area contributed by atoms with Gasteiger partial charge in [0.25, 0.3) is 0 Å². The molecule has 0 saturated heterocycles. The summed E-state index contributed by atoms with van der Waals surface area (Å²) in [5.41, 5.74) is 6.26. The van der Waals surface area contributed by atoms with Gasteiger partial charge in [0.2, 0.25) is 0 Å². The fourth-order valence-corrected chi connectivity index (χ4v) is 4.14. The van der Waals surface area contributed by atoms with Gasteiger partial charge in [-0.2, -0.15) is 0 Å². The summed E-state index contributed by atoms with van der Waals surface area (Å²) in [5.74, 6) is 0.884. The third kappa shape index (κ3) is 3.17. The standard InChI is InChI=1S/C23H26N2O4/c1-6-28-23(27)15-9-17-21(24-14(4)25(17)5)19(10-15)29-22-18(26)11-16-12(2)7-8-13(3)20(16)22/h7-10,18,22,26H,6,11H2,1-5H3. The Morgan fingerprint density at radius 1 is 1.24 bits per heavy atom. The number of aliphatic hydroxyl groups is 1. The Morgan fingerprint density at radius 2 is 1.97 bits per heavy atom. The molecule has 1 aromatic heterocycles. The molecule has 1 aliphatic rings. The Balaban J connectivity index is 1.84. The molecular weight excluding hydrogens is 368 g/mol. The van der Waals surface area contributed by atoms with Crippen molar-refractivity contribution >= 4 is 17.0 Å². The zero-order valence-electron chi connectivity index (χ0n) is 17.4. The van der Waals surface area contributed by atoms with Gasteiger partial charge in [-0.3, -0.25) is 0 Å². The summed E-state index contributed by atoms with van der Waals surface area (Å²) in [6.07, 6.45) is -0.612. The highest BCUT2D eigenvalue weighted by Crippen LogP contribution is 2.40. The molecule has 1 N–H and O–H groups in total. The Labute approximate surface area is 170 Å². The number of hydrogen-bond donors (Lipinski definition) is 1. The summed E-state index contributed by atoms with van der Waals surface area (Å²) in [4.78, 5) is 17.0. The number of benzene rings is 2. The summed E-state index contributed by atoms with van der Waals surface area (Å²) in [6.45, 7) is 8.06. The number of aromatic nitrogens is 2. The van der Waals surface area contributed by atoms with E-state index in [9.17, 15) is 9.90 Å². The first kappa shape index (κ1) is 19.5. The van der Waals surface area contributed by atoms with E-state index in [4.69, 9.17) is 9.47 Å². The van der Waals surface area contributed by atoms with Gasteiger partial charge in [-0.1, -0.05) is 12.1 Å². The number of imidazole rings is 1. The topological polar surface area (TPSA) is 73.6 Å². The number of fused-ring (bicyclic) bond motifs is 2. The summed E-state index contributed by atoms with van der Waals surface area (Å²) >= 11 is 0. The predicted molar refractivity (Wildman–Crippen MR) is 110 cm³/mol. The lowest BCUT2D eigenvalue weighted by molar-refractivity contribution is 0.0491. The molecule has 2 aromatic carbocycles. The number of aliphatic hydroxyl groups excluding tert-OH is 1. The van der Waals surface area contributed by atoms with Gasteiger partial charge in [0.05, 0.1) is 23.8 Å². The van der Waals surface area contributed by atoms with Crippen molar-refractivity contribution in [2.45, 2.75) is 46.3 Å². The van der Waals surface area contributed by atoms with Crippen molar-refractivity contribution in [1.29, 1.82) is 0 Å². The monoisotopic (exact) mass is 394 g/mol. The van der Waals surface area contributed by atoms with Gasteiger partial charge in [-0.25, -0.2) is 9.78 Å². The number of aryl methyl sites for hydroxylation is 4. The van der Waals surface area contributed by atoms with E-state index in [2.05, 4.69) is 24.0 Å². The lowest BCUT2D eigenvalue weighted by atomic mass is 9.99. The molecular formula is C23H26N2O4. The van der Waals surface area contributed by atoms with Crippen LogP contribution < -0.4 is 4.74 Å². The van der Waals surface area contributed by atoms with Gasteiger partial charge in [-0.15, -0.1) is 0 Å². The van der Waals surface area contributed by atoms with Gasteiger partial charge in [0.15, 0.2) is 6.10 Å². The molecule has 1 heterocycles. The molecule has 0 radical (unpaired) electrons. The van der Waals surface area contributed by atoms with Crippen molar-refractivity contribution in [3.05, 3.63) is 57.9 Å².